The van der Waals surface area contributed by atoms with Crippen LogP contribution in [-0.4, -0.2) is 32.9 Å². The lowest BCUT2D eigenvalue weighted by Crippen LogP contribution is -2.31. The van der Waals surface area contributed by atoms with Gasteiger partial charge in [0.25, 0.3) is 0 Å². The highest BCUT2D eigenvalue weighted by Crippen LogP contribution is 2.23. The number of benzene rings is 1. The monoisotopic (exact) mass is 325 g/mol. The molecule has 5 nitrogen and oxygen atoms in total. The summed E-state index contributed by atoms with van der Waals surface area (Å²) < 4.78 is 27.9. The molecule has 1 aromatic rings. The molecule has 0 radical (unpaired) electrons. The Hall–Kier alpha value is -1.56. The van der Waals surface area contributed by atoms with Gasteiger partial charge in [0, 0.05) is 6.42 Å². The molecule has 22 heavy (non-hydrogen) atoms. The highest BCUT2D eigenvalue weighted by molar-refractivity contribution is 7.91. The summed E-state index contributed by atoms with van der Waals surface area (Å²) >= 11 is 0. The highest BCUT2D eigenvalue weighted by Gasteiger charge is 2.25. The van der Waals surface area contributed by atoms with Crippen molar-refractivity contribution in [3.8, 4) is 5.75 Å². The van der Waals surface area contributed by atoms with Crippen molar-refractivity contribution in [1.82, 2.24) is 5.32 Å². The number of hydrogen-bond acceptors (Lipinski definition) is 4. The number of sulfone groups is 1. The second-order valence-corrected chi connectivity index (χ2v) is 8.17. The summed E-state index contributed by atoms with van der Waals surface area (Å²) in [5.41, 5.74) is 1.01. The lowest BCUT2D eigenvalue weighted by Gasteiger charge is -2.22. The van der Waals surface area contributed by atoms with E-state index in [0.29, 0.717) is 19.3 Å². The lowest BCUT2D eigenvalue weighted by atomic mass is 9.98. The molecule has 0 spiro atoms. The van der Waals surface area contributed by atoms with Gasteiger partial charge < -0.3 is 10.1 Å². The van der Waals surface area contributed by atoms with Crippen LogP contribution in [0.25, 0.3) is 0 Å². The Balaban J connectivity index is 1.83. The lowest BCUT2D eigenvalue weighted by molar-refractivity contribution is -0.122. The van der Waals surface area contributed by atoms with Crippen LogP contribution in [0.3, 0.4) is 0 Å². The third kappa shape index (κ3) is 4.73. The Morgan fingerprint density at radius 3 is 2.41 bits per heavy atom. The Morgan fingerprint density at radius 1 is 1.27 bits per heavy atom. The van der Waals surface area contributed by atoms with Crippen LogP contribution in [0.5, 0.6) is 5.75 Å². The van der Waals surface area contributed by atoms with Crippen LogP contribution >= 0.6 is 0 Å². The standard InChI is InChI=1S/C16H23NO4S/c1-12(14-3-5-15(21-2)6-4-14)17-16(18)11-13-7-9-22(19,20)10-8-13/h3-6,12-13H,7-11H2,1-2H3,(H,17,18). The first-order chi connectivity index (χ1) is 10.4. The Morgan fingerprint density at radius 2 is 1.86 bits per heavy atom. The zero-order valence-electron chi connectivity index (χ0n) is 13.0. The van der Waals surface area contributed by atoms with Crippen LogP contribution in [-0.2, 0) is 14.6 Å². The molecule has 0 saturated carbocycles. The van der Waals surface area contributed by atoms with Gasteiger partial charge in [-0.1, -0.05) is 12.1 Å². The van der Waals surface area contributed by atoms with Crippen LogP contribution in [0, 0.1) is 5.92 Å². The molecule has 1 N–H and O–H groups in total. The number of methoxy groups -OCH3 is 1. The first-order valence-electron chi connectivity index (χ1n) is 7.53. The van der Waals surface area contributed by atoms with Gasteiger partial charge >= 0.3 is 0 Å². The first-order valence-corrected chi connectivity index (χ1v) is 9.35. The Kier molecular flexibility index (Phi) is 5.45. The second-order valence-electron chi connectivity index (χ2n) is 5.86. The normalized spacial score (nSPS) is 19.4. The Bertz CT molecular complexity index is 596. The highest BCUT2D eigenvalue weighted by atomic mass is 32.2. The topological polar surface area (TPSA) is 72.5 Å². The van der Waals surface area contributed by atoms with Crippen LogP contribution < -0.4 is 10.1 Å². The van der Waals surface area contributed by atoms with E-state index in [2.05, 4.69) is 5.32 Å². The van der Waals surface area contributed by atoms with E-state index in [1.54, 1.807) is 7.11 Å². The van der Waals surface area contributed by atoms with Gasteiger partial charge in [-0.05, 0) is 43.4 Å². The van der Waals surface area contributed by atoms with Crippen molar-refractivity contribution in [2.75, 3.05) is 18.6 Å². The molecule has 1 atom stereocenters. The number of ether oxygens (including phenoxy) is 1. The van der Waals surface area contributed by atoms with Gasteiger partial charge in [-0.15, -0.1) is 0 Å². The van der Waals surface area contributed by atoms with Crippen molar-refractivity contribution < 1.29 is 17.9 Å². The summed E-state index contributed by atoms with van der Waals surface area (Å²) in [6, 6.07) is 7.51. The van der Waals surface area contributed by atoms with Crippen LogP contribution in [0.1, 0.15) is 37.8 Å². The number of hydrogen-bond donors (Lipinski definition) is 1. The minimum atomic E-state index is -2.87. The van der Waals surface area contributed by atoms with Crippen LogP contribution in [0.4, 0.5) is 0 Å². The average molecular weight is 325 g/mol. The largest absolute Gasteiger partial charge is 0.497 e. The van der Waals surface area contributed by atoms with Crippen molar-refractivity contribution in [2.24, 2.45) is 5.92 Å². The summed E-state index contributed by atoms with van der Waals surface area (Å²) in [6.45, 7) is 1.94. The quantitative estimate of drug-likeness (QED) is 0.900. The van der Waals surface area contributed by atoms with Crippen molar-refractivity contribution >= 4 is 15.7 Å². The molecule has 1 saturated heterocycles. The van der Waals surface area contributed by atoms with E-state index < -0.39 is 9.84 Å². The molecule has 1 unspecified atom stereocenters. The van der Waals surface area contributed by atoms with Crippen molar-refractivity contribution in [2.45, 2.75) is 32.2 Å². The van der Waals surface area contributed by atoms with Gasteiger partial charge in [-0.2, -0.15) is 0 Å². The predicted octanol–water partition coefficient (Wildman–Crippen LogP) is 2.09. The molecule has 1 amide bonds. The third-order valence-electron chi connectivity index (χ3n) is 4.14. The minimum absolute atomic E-state index is 0.0207. The number of carbonyl (C=O) groups excluding carboxylic acids is 1. The SMILES string of the molecule is COc1ccc(C(C)NC(=O)CC2CCS(=O)(=O)CC2)cc1. The van der Waals surface area contributed by atoms with Gasteiger partial charge in [0.05, 0.1) is 24.7 Å². The molecular formula is C16H23NO4S. The van der Waals surface area contributed by atoms with Gasteiger partial charge in [0.2, 0.25) is 5.91 Å². The summed E-state index contributed by atoms with van der Waals surface area (Å²) in [7, 11) is -1.25. The molecule has 1 aromatic carbocycles. The maximum atomic E-state index is 12.1. The van der Waals surface area contributed by atoms with Gasteiger partial charge in [0.15, 0.2) is 0 Å². The zero-order chi connectivity index (χ0) is 16.2. The molecule has 1 heterocycles. The van der Waals surface area contributed by atoms with E-state index in [1.807, 2.05) is 31.2 Å². The second kappa shape index (κ2) is 7.13. The summed E-state index contributed by atoms with van der Waals surface area (Å²) in [5, 5.41) is 2.97. The maximum absolute atomic E-state index is 12.1. The van der Waals surface area contributed by atoms with E-state index in [1.165, 1.54) is 0 Å². The average Bonchev–Trinajstić information content (AvgIpc) is 2.49. The molecule has 0 aliphatic carbocycles. The fourth-order valence-electron chi connectivity index (χ4n) is 2.68. The summed E-state index contributed by atoms with van der Waals surface area (Å²) in [4.78, 5) is 12.1. The molecule has 122 valence electrons. The smallest absolute Gasteiger partial charge is 0.220 e. The third-order valence-corrected chi connectivity index (χ3v) is 5.86. The molecular weight excluding hydrogens is 302 g/mol. The van der Waals surface area contributed by atoms with Crippen molar-refractivity contribution in [1.29, 1.82) is 0 Å². The van der Waals surface area contributed by atoms with E-state index in [-0.39, 0.29) is 29.4 Å². The van der Waals surface area contributed by atoms with Crippen LogP contribution in [0.2, 0.25) is 0 Å². The first kappa shape index (κ1) is 16.8. The molecule has 1 aliphatic rings. The molecule has 2 rings (SSSR count). The number of amides is 1. The van der Waals surface area contributed by atoms with Crippen LogP contribution in [0.15, 0.2) is 24.3 Å². The Labute approximate surface area is 132 Å². The molecule has 1 fully saturated rings. The number of nitrogens with one attached hydrogen (secondary N) is 1. The summed E-state index contributed by atoms with van der Waals surface area (Å²) in [5.74, 6) is 1.35. The van der Waals surface area contributed by atoms with E-state index in [4.69, 9.17) is 4.74 Å². The van der Waals surface area contributed by atoms with Crippen molar-refractivity contribution in [3.63, 3.8) is 0 Å². The molecule has 0 aromatic heterocycles. The number of carbonyl (C=O) groups is 1. The predicted molar refractivity (Wildman–Crippen MR) is 85.5 cm³/mol. The summed E-state index contributed by atoms with van der Waals surface area (Å²) in [6.07, 6.45) is 1.58. The van der Waals surface area contributed by atoms with E-state index in [9.17, 15) is 13.2 Å². The van der Waals surface area contributed by atoms with E-state index in [0.717, 1.165) is 11.3 Å². The fourth-order valence-corrected chi connectivity index (χ4v) is 4.27. The fraction of sp³-hybridized carbons (Fsp3) is 0.562. The van der Waals surface area contributed by atoms with Crippen molar-refractivity contribution in [3.05, 3.63) is 29.8 Å². The van der Waals surface area contributed by atoms with Gasteiger partial charge in [-0.25, -0.2) is 8.42 Å². The zero-order valence-corrected chi connectivity index (χ0v) is 13.9. The van der Waals surface area contributed by atoms with E-state index >= 15 is 0 Å². The maximum Gasteiger partial charge on any atom is 0.220 e. The molecule has 6 heteroatoms. The minimum Gasteiger partial charge on any atom is -0.497 e. The number of rotatable bonds is 5. The van der Waals surface area contributed by atoms with Gasteiger partial charge in [0.1, 0.15) is 15.6 Å². The molecule has 1 aliphatic heterocycles. The molecule has 0 bridgehead atoms. The van der Waals surface area contributed by atoms with Gasteiger partial charge in [-0.3, -0.25) is 4.79 Å².